The molecule has 0 spiro atoms. The fraction of sp³-hybridized carbons (Fsp3) is 0.190. The van der Waals surface area contributed by atoms with Crippen LogP contribution in [0.3, 0.4) is 0 Å². The first-order valence-corrected chi connectivity index (χ1v) is 11.2. The standard InChI is InChI=1S/C21H17Br2N3O3S/c1-11-6-14(7-12(2)19(11)23)25-21-26-20(27)18(30-21)9-13-8-16(28-3)17(10-15(13)22)29-5-4-24/h6-10H,5H2,1-3H3,(H,25,26,27)/b18-9-. The van der Waals surface area contributed by atoms with Gasteiger partial charge in [-0.1, -0.05) is 31.9 Å². The maximum absolute atomic E-state index is 12.4. The summed E-state index contributed by atoms with van der Waals surface area (Å²) in [5.41, 5.74) is 3.67. The Labute approximate surface area is 195 Å². The average molecular weight is 551 g/mol. The second-order valence-electron chi connectivity index (χ2n) is 6.35. The van der Waals surface area contributed by atoms with Gasteiger partial charge in [0.2, 0.25) is 0 Å². The Morgan fingerprint density at radius 2 is 1.90 bits per heavy atom. The highest BCUT2D eigenvalue weighted by molar-refractivity contribution is 9.10. The molecule has 154 valence electrons. The predicted octanol–water partition coefficient (Wildman–Crippen LogP) is 5.63. The minimum absolute atomic E-state index is 0.0870. The van der Waals surface area contributed by atoms with Crippen molar-refractivity contribution < 1.29 is 14.3 Å². The summed E-state index contributed by atoms with van der Waals surface area (Å²) < 4.78 is 12.5. The van der Waals surface area contributed by atoms with E-state index in [9.17, 15) is 4.79 Å². The van der Waals surface area contributed by atoms with Crippen molar-refractivity contribution in [3.8, 4) is 17.6 Å². The number of carbonyl (C=O) groups excluding carboxylic acids is 1. The number of ether oxygens (including phenoxy) is 2. The van der Waals surface area contributed by atoms with E-state index in [1.165, 1.54) is 18.9 Å². The number of aryl methyl sites for hydroxylation is 2. The van der Waals surface area contributed by atoms with Crippen LogP contribution in [-0.4, -0.2) is 24.8 Å². The van der Waals surface area contributed by atoms with Gasteiger partial charge < -0.3 is 14.8 Å². The summed E-state index contributed by atoms with van der Waals surface area (Å²) in [6, 6.07) is 9.30. The Balaban J connectivity index is 1.89. The summed E-state index contributed by atoms with van der Waals surface area (Å²) >= 11 is 8.30. The minimum Gasteiger partial charge on any atom is -0.493 e. The van der Waals surface area contributed by atoms with Gasteiger partial charge in [-0.2, -0.15) is 5.26 Å². The van der Waals surface area contributed by atoms with E-state index in [1.807, 2.05) is 32.0 Å². The minimum atomic E-state index is -0.222. The molecule has 1 N–H and O–H groups in total. The highest BCUT2D eigenvalue weighted by Gasteiger charge is 2.24. The van der Waals surface area contributed by atoms with Crippen LogP contribution < -0.4 is 14.8 Å². The van der Waals surface area contributed by atoms with Gasteiger partial charge in [0.25, 0.3) is 5.91 Å². The van der Waals surface area contributed by atoms with E-state index >= 15 is 0 Å². The van der Waals surface area contributed by atoms with Gasteiger partial charge in [-0.3, -0.25) is 4.79 Å². The number of nitrogens with one attached hydrogen (secondary N) is 1. The van der Waals surface area contributed by atoms with E-state index in [0.29, 0.717) is 26.0 Å². The SMILES string of the molecule is COc1cc(/C=C2\SC(=Nc3cc(C)c(Br)c(C)c3)NC2=O)c(Br)cc1OCC#N. The topological polar surface area (TPSA) is 83.7 Å². The number of thioether (sulfide) groups is 1. The Kier molecular flexibility index (Phi) is 7.23. The highest BCUT2D eigenvalue weighted by Crippen LogP contribution is 2.37. The van der Waals surface area contributed by atoms with Crippen molar-refractivity contribution in [2.24, 2.45) is 4.99 Å². The van der Waals surface area contributed by atoms with Gasteiger partial charge in [-0.05, 0) is 72.6 Å². The summed E-state index contributed by atoms with van der Waals surface area (Å²) in [6.07, 6.45) is 1.75. The number of hydrogen-bond donors (Lipinski definition) is 1. The molecule has 1 amide bonds. The number of aliphatic imine (C=N–C) groups is 1. The van der Waals surface area contributed by atoms with Gasteiger partial charge in [0.15, 0.2) is 23.3 Å². The molecule has 1 fully saturated rings. The van der Waals surface area contributed by atoms with Crippen molar-refractivity contribution in [3.05, 3.63) is 54.8 Å². The first kappa shape index (κ1) is 22.4. The zero-order valence-electron chi connectivity index (χ0n) is 16.4. The molecule has 0 atom stereocenters. The number of carbonyl (C=O) groups is 1. The maximum Gasteiger partial charge on any atom is 0.264 e. The number of benzene rings is 2. The third kappa shape index (κ3) is 5.06. The van der Waals surface area contributed by atoms with Crippen LogP contribution >= 0.6 is 43.6 Å². The van der Waals surface area contributed by atoms with Crippen molar-refractivity contribution >= 4 is 66.5 Å². The lowest BCUT2D eigenvalue weighted by Gasteiger charge is -2.11. The third-order valence-electron chi connectivity index (χ3n) is 4.16. The Morgan fingerprint density at radius 3 is 2.53 bits per heavy atom. The van der Waals surface area contributed by atoms with Crippen molar-refractivity contribution in [2.45, 2.75) is 13.8 Å². The zero-order valence-corrected chi connectivity index (χ0v) is 20.4. The summed E-state index contributed by atoms with van der Waals surface area (Å²) in [5, 5.41) is 12.0. The first-order valence-electron chi connectivity index (χ1n) is 8.76. The number of rotatable bonds is 5. The molecule has 1 aliphatic rings. The van der Waals surface area contributed by atoms with E-state index in [4.69, 9.17) is 14.7 Å². The lowest BCUT2D eigenvalue weighted by atomic mass is 10.1. The fourth-order valence-corrected chi connectivity index (χ4v) is 4.27. The summed E-state index contributed by atoms with van der Waals surface area (Å²) in [6.45, 7) is 3.92. The average Bonchev–Trinajstić information content (AvgIpc) is 3.04. The summed E-state index contributed by atoms with van der Waals surface area (Å²) in [7, 11) is 1.52. The van der Waals surface area contributed by atoms with Gasteiger partial charge in [-0.15, -0.1) is 0 Å². The number of methoxy groups -OCH3 is 1. The molecule has 0 bridgehead atoms. The van der Waals surface area contributed by atoms with Crippen LogP contribution in [0.25, 0.3) is 6.08 Å². The molecule has 9 heteroatoms. The van der Waals surface area contributed by atoms with E-state index < -0.39 is 0 Å². The molecule has 0 radical (unpaired) electrons. The van der Waals surface area contributed by atoms with Crippen LogP contribution in [-0.2, 0) is 4.79 Å². The van der Waals surface area contributed by atoms with E-state index in [1.54, 1.807) is 18.2 Å². The number of hydrogen-bond acceptors (Lipinski definition) is 6. The predicted molar refractivity (Wildman–Crippen MR) is 126 cm³/mol. The number of nitriles is 1. The third-order valence-corrected chi connectivity index (χ3v) is 7.01. The van der Waals surface area contributed by atoms with Gasteiger partial charge in [0.05, 0.1) is 17.7 Å². The van der Waals surface area contributed by atoms with E-state index in [0.717, 1.165) is 26.9 Å². The molecule has 0 unspecified atom stereocenters. The first-order chi connectivity index (χ1) is 14.3. The molecule has 1 heterocycles. The Bertz CT molecular complexity index is 1100. The fourth-order valence-electron chi connectivity index (χ4n) is 2.77. The second-order valence-corrected chi connectivity index (χ2v) is 9.02. The van der Waals surface area contributed by atoms with Crippen molar-refractivity contribution in [1.82, 2.24) is 5.32 Å². The molecular weight excluding hydrogens is 534 g/mol. The molecule has 0 aromatic heterocycles. The van der Waals surface area contributed by atoms with Crippen molar-refractivity contribution in [3.63, 3.8) is 0 Å². The summed E-state index contributed by atoms with van der Waals surface area (Å²) in [5.74, 6) is 0.693. The molecule has 1 saturated heterocycles. The largest absolute Gasteiger partial charge is 0.493 e. The molecule has 6 nitrogen and oxygen atoms in total. The second kappa shape index (κ2) is 9.69. The lowest BCUT2D eigenvalue weighted by molar-refractivity contribution is -0.115. The highest BCUT2D eigenvalue weighted by atomic mass is 79.9. The number of amidine groups is 1. The van der Waals surface area contributed by atoms with Crippen molar-refractivity contribution in [2.75, 3.05) is 13.7 Å². The quantitative estimate of drug-likeness (QED) is 0.488. The van der Waals surface area contributed by atoms with Gasteiger partial charge >= 0.3 is 0 Å². The van der Waals surface area contributed by atoms with Gasteiger partial charge in [-0.25, -0.2) is 4.99 Å². The van der Waals surface area contributed by atoms with Gasteiger partial charge in [0, 0.05) is 8.95 Å². The van der Waals surface area contributed by atoms with Crippen LogP contribution in [0.2, 0.25) is 0 Å². The smallest absolute Gasteiger partial charge is 0.264 e. The number of halogens is 2. The number of nitrogens with zero attached hydrogens (tertiary/aromatic N) is 2. The van der Waals surface area contributed by atoms with Crippen LogP contribution in [0.1, 0.15) is 16.7 Å². The summed E-state index contributed by atoms with van der Waals surface area (Å²) in [4.78, 5) is 17.5. The molecule has 1 aliphatic heterocycles. The van der Waals surface area contributed by atoms with Crippen LogP contribution in [0, 0.1) is 25.2 Å². The van der Waals surface area contributed by atoms with E-state index in [2.05, 4.69) is 42.2 Å². The molecule has 0 aliphatic carbocycles. The molecule has 2 aromatic carbocycles. The Hall–Kier alpha value is -2.28. The maximum atomic E-state index is 12.4. The van der Waals surface area contributed by atoms with Crippen LogP contribution in [0.15, 0.2) is 43.1 Å². The van der Waals surface area contributed by atoms with Gasteiger partial charge in [0.1, 0.15) is 6.07 Å². The van der Waals surface area contributed by atoms with Crippen LogP contribution in [0.4, 0.5) is 5.69 Å². The molecule has 2 aromatic rings. The van der Waals surface area contributed by atoms with Crippen molar-refractivity contribution in [1.29, 1.82) is 5.26 Å². The van der Waals surface area contributed by atoms with E-state index in [-0.39, 0.29) is 12.5 Å². The molecule has 3 rings (SSSR count). The Morgan fingerprint density at radius 1 is 1.20 bits per heavy atom. The molecule has 0 saturated carbocycles. The number of amides is 1. The molecular formula is C21H17Br2N3O3S. The normalized spacial score (nSPS) is 15.9. The monoisotopic (exact) mass is 549 g/mol. The zero-order chi connectivity index (χ0) is 21.8. The molecule has 30 heavy (non-hydrogen) atoms. The van der Waals surface area contributed by atoms with Crippen LogP contribution in [0.5, 0.6) is 11.5 Å². The lowest BCUT2D eigenvalue weighted by Crippen LogP contribution is -2.19.